The molecule has 1 heterocycles. The van der Waals surface area contributed by atoms with Crippen LogP contribution in [0, 0.1) is 0 Å². The van der Waals surface area contributed by atoms with Crippen LogP contribution in [0.2, 0.25) is 0 Å². The molecule has 7 heteroatoms. The first kappa shape index (κ1) is 14.2. The third-order valence-corrected chi connectivity index (χ3v) is 3.76. The van der Waals surface area contributed by atoms with E-state index >= 15 is 0 Å². The fourth-order valence-corrected chi connectivity index (χ4v) is 2.55. The van der Waals surface area contributed by atoms with Gasteiger partial charge < -0.3 is 9.52 Å². The predicted molar refractivity (Wildman–Crippen MR) is 64.8 cm³/mol. The Labute approximate surface area is 105 Å². The van der Waals surface area contributed by atoms with Gasteiger partial charge in [0.15, 0.2) is 0 Å². The van der Waals surface area contributed by atoms with E-state index in [4.69, 9.17) is 9.52 Å². The molecule has 0 unspecified atom stereocenters. The predicted octanol–water partition coefficient (Wildman–Crippen LogP) is 1.34. The molecule has 0 atom stereocenters. The monoisotopic (exact) mass is 271 g/mol. The Hall–Kier alpha value is -1.86. The second-order valence-corrected chi connectivity index (χ2v) is 5.19. The minimum Gasteiger partial charge on any atom is -0.475 e. The van der Waals surface area contributed by atoms with E-state index in [0.717, 1.165) is 16.4 Å². The van der Waals surface area contributed by atoms with Crippen LogP contribution in [0.4, 0.5) is 0 Å². The molecule has 0 aliphatic heterocycles. The third-order valence-electron chi connectivity index (χ3n) is 2.05. The second kappa shape index (κ2) is 5.65. The van der Waals surface area contributed by atoms with Crippen molar-refractivity contribution in [3.05, 3.63) is 43.2 Å². The van der Waals surface area contributed by atoms with Gasteiger partial charge in [-0.15, -0.1) is 13.2 Å². The zero-order chi connectivity index (χ0) is 13.8. The number of aromatic carboxylic acids is 1. The molecule has 0 saturated carbocycles. The van der Waals surface area contributed by atoms with E-state index in [1.165, 1.54) is 12.2 Å². The lowest BCUT2D eigenvalue weighted by molar-refractivity contribution is 0.0656. The van der Waals surface area contributed by atoms with Crippen LogP contribution in [0.25, 0.3) is 0 Å². The average Bonchev–Trinajstić information content (AvgIpc) is 2.78. The van der Waals surface area contributed by atoms with E-state index in [1.54, 1.807) is 0 Å². The van der Waals surface area contributed by atoms with Gasteiger partial charge in [-0.2, -0.15) is 4.31 Å². The molecule has 0 aliphatic carbocycles. The summed E-state index contributed by atoms with van der Waals surface area (Å²) in [6, 6.07) is 2.20. The standard InChI is InChI=1S/C11H13NO5S/c1-3-7-12(8-4-2)18(15,16)10-6-5-9(17-10)11(13)14/h3-6H,1-2,7-8H2,(H,13,14). The van der Waals surface area contributed by atoms with Crippen LogP contribution in [0.15, 0.2) is 47.0 Å². The average molecular weight is 271 g/mol. The topological polar surface area (TPSA) is 87.8 Å². The van der Waals surface area contributed by atoms with Crippen molar-refractivity contribution in [2.24, 2.45) is 0 Å². The smallest absolute Gasteiger partial charge is 0.371 e. The minimum absolute atomic E-state index is 0.0808. The third kappa shape index (κ3) is 2.88. The first-order chi connectivity index (χ1) is 8.43. The van der Waals surface area contributed by atoms with Crippen LogP contribution in [0.5, 0.6) is 0 Å². The highest BCUT2D eigenvalue weighted by Gasteiger charge is 2.27. The van der Waals surface area contributed by atoms with Crippen LogP contribution in [-0.2, 0) is 10.0 Å². The van der Waals surface area contributed by atoms with Crippen molar-refractivity contribution >= 4 is 16.0 Å². The van der Waals surface area contributed by atoms with Crippen molar-refractivity contribution in [2.45, 2.75) is 5.09 Å². The van der Waals surface area contributed by atoms with E-state index in [0.29, 0.717) is 0 Å². The van der Waals surface area contributed by atoms with Crippen LogP contribution < -0.4 is 0 Å². The molecular formula is C11H13NO5S. The number of carboxylic acid groups (broad SMARTS) is 1. The van der Waals surface area contributed by atoms with Crippen LogP contribution in [0.3, 0.4) is 0 Å². The number of carboxylic acids is 1. The van der Waals surface area contributed by atoms with Gasteiger partial charge in [0.1, 0.15) is 0 Å². The number of nitrogens with zero attached hydrogens (tertiary/aromatic N) is 1. The maximum absolute atomic E-state index is 12.1. The fourth-order valence-electron chi connectivity index (χ4n) is 1.26. The van der Waals surface area contributed by atoms with Gasteiger partial charge in [0.05, 0.1) is 0 Å². The minimum atomic E-state index is -3.88. The Morgan fingerprint density at radius 1 is 1.33 bits per heavy atom. The normalized spacial score (nSPS) is 11.4. The quantitative estimate of drug-likeness (QED) is 0.756. The molecule has 1 aromatic heterocycles. The van der Waals surface area contributed by atoms with Crippen molar-refractivity contribution < 1.29 is 22.7 Å². The maximum atomic E-state index is 12.1. The molecule has 18 heavy (non-hydrogen) atoms. The first-order valence-electron chi connectivity index (χ1n) is 4.98. The maximum Gasteiger partial charge on any atom is 0.371 e. The number of carbonyl (C=O) groups is 1. The molecule has 0 spiro atoms. The summed E-state index contributed by atoms with van der Waals surface area (Å²) in [6.45, 7) is 7.08. The summed E-state index contributed by atoms with van der Waals surface area (Å²) >= 11 is 0. The number of hydrogen-bond donors (Lipinski definition) is 1. The molecule has 0 saturated heterocycles. The summed E-state index contributed by atoms with van der Waals surface area (Å²) in [7, 11) is -3.88. The number of furan rings is 1. The number of sulfonamides is 1. The van der Waals surface area contributed by atoms with Crippen molar-refractivity contribution in [1.29, 1.82) is 0 Å². The highest BCUT2D eigenvalue weighted by Crippen LogP contribution is 2.18. The van der Waals surface area contributed by atoms with E-state index in [9.17, 15) is 13.2 Å². The molecule has 0 amide bonds. The molecule has 1 aromatic rings. The highest BCUT2D eigenvalue weighted by atomic mass is 32.2. The fraction of sp³-hybridized carbons (Fsp3) is 0.182. The Balaban J connectivity index is 3.12. The molecule has 0 aliphatic rings. The van der Waals surface area contributed by atoms with Crippen LogP contribution in [-0.4, -0.2) is 36.9 Å². The molecule has 0 fully saturated rings. The molecule has 1 N–H and O–H groups in total. The Kier molecular flexibility index (Phi) is 4.46. The first-order valence-corrected chi connectivity index (χ1v) is 6.42. The number of rotatable bonds is 7. The number of hydrogen-bond acceptors (Lipinski definition) is 4. The largest absolute Gasteiger partial charge is 0.475 e. The molecule has 0 bridgehead atoms. The van der Waals surface area contributed by atoms with Gasteiger partial charge in [-0.1, -0.05) is 12.2 Å². The molecule has 1 rings (SSSR count). The van der Waals surface area contributed by atoms with Crippen molar-refractivity contribution in [1.82, 2.24) is 4.31 Å². The van der Waals surface area contributed by atoms with E-state index in [2.05, 4.69) is 13.2 Å². The Morgan fingerprint density at radius 2 is 1.89 bits per heavy atom. The zero-order valence-corrected chi connectivity index (χ0v) is 10.4. The second-order valence-electron chi connectivity index (χ2n) is 3.32. The molecule has 98 valence electrons. The molecule has 6 nitrogen and oxygen atoms in total. The van der Waals surface area contributed by atoms with Gasteiger partial charge in [-0.25, -0.2) is 13.2 Å². The summed E-state index contributed by atoms with van der Waals surface area (Å²) in [6.07, 6.45) is 2.84. The molecule has 0 aromatic carbocycles. The summed E-state index contributed by atoms with van der Waals surface area (Å²) < 4.78 is 30.0. The van der Waals surface area contributed by atoms with Gasteiger partial charge in [-0.3, -0.25) is 0 Å². The van der Waals surface area contributed by atoms with E-state index < -0.39 is 26.8 Å². The van der Waals surface area contributed by atoms with Crippen molar-refractivity contribution in [2.75, 3.05) is 13.1 Å². The summed E-state index contributed by atoms with van der Waals surface area (Å²) in [5.41, 5.74) is 0. The van der Waals surface area contributed by atoms with Crippen LogP contribution >= 0.6 is 0 Å². The van der Waals surface area contributed by atoms with Gasteiger partial charge in [0.2, 0.25) is 10.9 Å². The van der Waals surface area contributed by atoms with Gasteiger partial charge >= 0.3 is 5.97 Å². The Bertz CT molecular complexity index is 548. The van der Waals surface area contributed by atoms with Gasteiger partial charge in [0.25, 0.3) is 10.0 Å². The molecular weight excluding hydrogens is 258 g/mol. The van der Waals surface area contributed by atoms with Gasteiger partial charge in [-0.05, 0) is 12.1 Å². The summed E-state index contributed by atoms with van der Waals surface area (Å²) in [5.74, 6) is -1.75. The lowest BCUT2D eigenvalue weighted by atomic mass is 10.5. The highest BCUT2D eigenvalue weighted by molar-refractivity contribution is 7.89. The van der Waals surface area contributed by atoms with E-state index in [-0.39, 0.29) is 13.1 Å². The lowest BCUT2D eigenvalue weighted by Crippen LogP contribution is -2.31. The summed E-state index contributed by atoms with van der Waals surface area (Å²) in [5, 5.41) is 8.26. The van der Waals surface area contributed by atoms with E-state index in [1.807, 2.05) is 0 Å². The molecule has 0 radical (unpaired) electrons. The van der Waals surface area contributed by atoms with Crippen molar-refractivity contribution in [3.63, 3.8) is 0 Å². The van der Waals surface area contributed by atoms with Gasteiger partial charge in [0, 0.05) is 13.1 Å². The lowest BCUT2D eigenvalue weighted by Gasteiger charge is -2.16. The van der Waals surface area contributed by atoms with Crippen molar-refractivity contribution in [3.8, 4) is 0 Å². The zero-order valence-electron chi connectivity index (χ0n) is 9.57. The Morgan fingerprint density at radius 3 is 2.28 bits per heavy atom. The SMILES string of the molecule is C=CCN(CC=C)S(=O)(=O)c1ccc(C(=O)O)o1. The van der Waals surface area contributed by atoms with Crippen LogP contribution in [0.1, 0.15) is 10.6 Å². The summed E-state index contributed by atoms with van der Waals surface area (Å²) in [4.78, 5) is 10.6.